The summed E-state index contributed by atoms with van der Waals surface area (Å²) in [5.41, 5.74) is 0.944. The average molecular weight is 490 g/mol. The van der Waals surface area contributed by atoms with E-state index in [9.17, 15) is 23.1 Å². The normalized spacial score (nSPS) is 16.4. The highest BCUT2D eigenvalue weighted by Crippen LogP contribution is 2.28. The number of hydrogen-bond donors (Lipinski definition) is 2. The van der Waals surface area contributed by atoms with E-state index in [-0.39, 0.29) is 40.5 Å². The number of aromatic nitrogens is 1. The van der Waals surface area contributed by atoms with Crippen LogP contribution in [0.15, 0.2) is 41.4 Å². The highest BCUT2D eigenvalue weighted by Gasteiger charge is 2.30. The summed E-state index contributed by atoms with van der Waals surface area (Å²) in [5, 5.41) is 9.76. The number of carbonyl (C=O) groups is 2. The number of nitrogens with one attached hydrogen (secondary N) is 1. The van der Waals surface area contributed by atoms with Gasteiger partial charge in [-0.15, -0.1) is 0 Å². The number of sulfonamides is 1. The molecular formula is C24H31N3O6S. The largest absolute Gasteiger partial charge is 0.478 e. The highest BCUT2D eigenvalue weighted by atomic mass is 32.2. The molecule has 2 aromatic rings. The number of hydrogen-bond acceptors (Lipinski definition) is 7. The summed E-state index contributed by atoms with van der Waals surface area (Å²) in [6, 6.07) is 7.86. The number of piperidine rings is 1. The molecular weight excluding hydrogens is 458 g/mol. The zero-order valence-corrected chi connectivity index (χ0v) is 20.5. The molecule has 1 atom stereocenters. The Balaban J connectivity index is 1.81. The molecule has 0 radical (unpaired) electrons. The molecule has 1 unspecified atom stereocenters. The first-order valence-electron chi connectivity index (χ1n) is 11.4. The lowest BCUT2D eigenvalue weighted by Gasteiger charge is -2.33. The Hall–Kier alpha value is -3.14. The summed E-state index contributed by atoms with van der Waals surface area (Å²) in [5.74, 6) is -1.27. The van der Waals surface area contributed by atoms with Crippen molar-refractivity contribution in [1.29, 1.82) is 0 Å². The van der Waals surface area contributed by atoms with Crippen molar-refractivity contribution in [2.45, 2.75) is 44.9 Å². The van der Waals surface area contributed by atoms with E-state index in [1.807, 2.05) is 0 Å². The molecule has 0 spiro atoms. The van der Waals surface area contributed by atoms with Gasteiger partial charge >= 0.3 is 11.9 Å². The second-order valence-corrected chi connectivity index (χ2v) is 10.5. The lowest BCUT2D eigenvalue weighted by Crippen LogP contribution is -2.40. The maximum absolute atomic E-state index is 12.8. The van der Waals surface area contributed by atoms with E-state index in [4.69, 9.17) is 4.74 Å². The van der Waals surface area contributed by atoms with Crippen molar-refractivity contribution in [3.8, 4) is 0 Å². The van der Waals surface area contributed by atoms with Crippen LogP contribution in [0.4, 0.5) is 11.5 Å². The van der Waals surface area contributed by atoms with Gasteiger partial charge in [0.2, 0.25) is 0 Å². The van der Waals surface area contributed by atoms with Gasteiger partial charge in [0.05, 0.1) is 29.3 Å². The fourth-order valence-corrected chi connectivity index (χ4v) is 5.07. The monoisotopic (exact) mass is 489 g/mol. The predicted molar refractivity (Wildman–Crippen MR) is 129 cm³/mol. The van der Waals surface area contributed by atoms with Gasteiger partial charge in [-0.2, -0.15) is 0 Å². The van der Waals surface area contributed by atoms with Crippen molar-refractivity contribution in [2.24, 2.45) is 11.8 Å². The lowest BCUT2D eigenvalue weighted by atomic mass is 9.98. The number of anilines is 2. The van der Waals surface area contributed by atoms with E-state index >= 15 is 0 Å². The van der Waals surface area contributed by atoms with Crippen LogP contribution in [0, 0.1) is 11.8 Å². The molecule has 1 fully saturated rings. The molecule has 0 aliphatic carbocycles. The second-order valence-electron chi connectivity index (χ2n) is 8.78. The quantitative estimate of drug-likeness (QED) is 0.512. The Morgan fingerprint density at radius 3 is 2.59 bits per heavy atom. The van der Waals surface area contributed by atoms with Gasteiger partial charge in [-0.05, 0) is 55.9 Å². The number of benzene rings is 1. The van der Waals surface area contributed by atoms with Crippen LogP contribution < -0.4 is 9.62 Å². The van der Waals surface area contributed by atoms with Gasteiger partial charge in [0, 0.05) is 13.1 Å². The summed E-state index contributed by atoms with van der Waals surface area (Å²) >= 11 is 0. The van der Waals surface area contributed by atoms with Crippen molar-refractivity contribution in [3.63, 3.8) is 0 Å². The van der Waals surface area contributed by atoms with E-state index in [2.05, 4.69) is 23.6 Å². The van der Waals surface area contributed by atoms with E-state index in [0.29, 0.717) is 31.8 Å². The molecule has 0 bridgehead atoms. The van der Waals surface area contributed by atoms with Crippen molar-refractivity contribution in [1.82, 2.24) is 4.98 Å². The number of carbonyl (C=O) groups excluding carboxylic acids is 1. The molecule has 1 aliphatic heterocycles. The zero-order valence-electron chi connectivity index (χ0n) is 19.7. The van der Waals surface area contributed by atoms with Gasteiger partial charge in [0.25, 0.3) is 10.0 Å². The number of rotatable bonds is 9. The Morgan fingerprint density at radius 1 is 1.26 bits per heavy atom. The topological polar surface area (TPSA) is 126 Å². The molecule has 1 aromatic carbocycles. The maximum atomic E-state index is 12.8. The summed E-state index contributed by atoms with van der Waals surface area (Å²) in [6.45, 7) is 7.02. The number of aromatic carboxylic acids is 1. The molecule has 2 N–H and O–H groups in total. The Bertz CT molecular complexity index is 1130. The van der Waals surface area contributed by atoms with Crippen molar-refractivity contribution in [2.75, 3.05) is 29.3 Å². The summed E-state index contributed by atoms with van der Waals surface area (Å²) in [7, 11) is -3.92. The van der Waals surface area contributed by atoms with Gasteiger partial charge in [-0.3, -0.25) is 9.52 Å². The molecule has 0 saturated carbocycles. The molecule has 34 heavy (non-hydrogen) atoms. The third-order valence-electron chi connectivity index (χ3n) is 5.57. The maximum Gasteiger partial charge on any atom is 0.339 e. The van der Waals surface area contributed by atoms with Gasteiger partial charge in [0.1, 0.15) is 11.4 Å². The number of nitrogens with zero attached hydrogens (tertiary/aromatic N) is 2. The van der Waals surface area contributed by atoms with Crippen LogP contribution in [-0.4, -0.2) is 50.1 Å². The molecule has 9 nitrogen and oxygen atoms in total. The summed E-state index contributed by atoms with van der Waals surface area (Å²) in [4.78, 5) is 30.2. The molecule has 3 rings (SSSR count). The van der Waals surface area contributed by atoms with Gasteiger partial charge in [0.15, 0.2) is 0 Å². The number of pyridine rings is 1. The van der Waals surface area contributed by atoms with Crippen LogP contribution in [0.25, 0.3) is 0 Å². The minimum absolute atomic E-state index is 0.0476. The van der Waals surface area contributed by atoms with E-state index in [1.165, 1.54) is 24.4 Å². The number of carboxylic acid groups (broad SMARTS) is 1. The average Bonchev–Trinajstić information content (AvgIpc) is 2.79. The predicted octanol–water partition coefficient (Wildman–Crippen LogP) is 3.56. The third kappa shape index (κ3) is 6.25. The number of carboxylic acids is 1. The van der Waals surface area contributed by atoms with E-state index in [0.717, 1.165) is 12.0 Å². The summed E-state index contributed by atoms with van der Waals surface area (Å²) in [6.07, 6.45) is 3.48. The standard InChI is InChI=1S/C24H31N3O6S/c1-4-33-24(30)18-6-5-11-27(15-18)22-21(23(28)29)13-19(14-25-22)26-34(31,32)20-9-7-17(8-10-20)12-16(2)3/h7-10,13-14,16,18,26H,4-6,11-12,15H2,1-3H3,(H,28,29). The Morgan fingerprint density at radius 2 is 1.97 bits per heavy atom. The first-order valence-corrected chi connectivity index (χ1v) is 12.9. The molecule has 1 aliphatic rings. The molecule has 1 saturated heterocycles. The number of esters is 1. The lowest BCUT2D eigenvalue weighted by molar-refractivity contribution is -0.148. The van der Waals surface area contributed by atoms with Gasteiger partial charge in [-0.1, -0.05) is 26.0 Å². The van der Waals surface area contributed by atoms with Crippen LogP contribution in [-0.2, 0) is 26.0 Å². The van der Waals surface area contributed by atoms with Crippen molar-refractivity contribution in [3.05, 3.63) is 47.7 Å². The second kappa shape index (κ2) is 10.9. The van der Waals surface area contributed by atoms with Crippen LogP contribution in [0.2, 0.25) is 0 Å². The fourth-order valence-electron chi connectivity index (χ4n) is 4.03. The molecule has 1 aromatic heterocycles. The Labute approximate surface area is 200 Å². The van der Waals surface area contributed by atoms with Crippen LogP contribution in [0.3, 0.4) is 0 Å². The van der Waals surface area contributed by atoms with Crippen LogP contribution in [0.1, 0.15) is 49.5 Å². The third-order valence-corrected chi connectivity index (χ3v) is 6.96. The van der Waals surface area contributed by atoms with Gasteiger partial charge < -0.3 is 14.7 Å². The Kier molecular flexibility index (Phi) is 8.14. The molecule has 184 valence electrons. The summed E-state index contributed by atoms with van der Waals surface area (Å²) < 4.78 is 33.2. The van der Waals surface area contributed by atoms with Gasteiger partial charge in [-0.25, -0.2) is 18.2 Å². The van der Waals surface area contributed by atoms with E-state index < -0.39 is 16.0 Å². The smallest absolute Gasteiger partial charge is 0.339 e. The first-order chi connectivity index (χ1) is 16.1. The zero-order chi connectivity index (χ0) is 24.9. The van der Waals surface area contributed by atoms with Crippen molar-refractivity contribution >= 4 is 33.5 Å². The number of ether oxygens (including phenoxy) is 1. The highest BCUT2D eigenvalue weighted by molar-refractivity contribution is 7.92. The SMILES string of the molecule is CCOC(=O)C1CCCN(c2ncc(NS(=O)(=O)c3ccc(CC(C)C)cc3)cc2C(=O)O)C1. The fraction of sp³-hybridized carbons (Fsp3) is 0.458. The molecule has 2 heterocycles. The van der Waals surface area contributed by atoms with Crippen LogP contribution >= 0.6 is 0 Å². The minimum Gasteiger partial charge on any atom is -0.478 e. The van der Waals surface area contributed by atoms with E-state index in [1.54, 1.807) is 24.0 Å². The minimum atomic E-state index is -3.92. The molecule has 10 heteroatoms. The first kappa shape index (κ1) is 25.5. The van der Waals surface area contributed by atoms with Crippen LogP contribution in [0.5, 0.6) is 0 Å². The van der Waals surface area contributed by atoms with Crippen molar-refractivity contribution < 1.29 is 27.9 Å². The molecule has 0 amide bonds.